The predicted octanol–water partition coefficient (Wildman–Crippen LogP) is 4.55. The van der Waals surface area contributed by atoms with E-state index in [0.717, 1.165) is 16.1 Å². The number of nitro benzene ring substituents is 1. The van der Waals surface area contributed by atoms with Gasteiger partial charge in [0.15, 0.2) is 0 Å². The summed E-state index contributed by atoms with van der Waals surface area (Å²) in [6.45, 7) is 1.29. The molecule has 0 aliphatic heterocycles. The number of carbonyl (C=O) groups is 1. The molecule has 0 heterocycles. The predicted molar refractivity (Wildman–Crippen MR) is 134 cm³/mol. The average molecular weight is 535 g/mol. The molecule has 182 valence electrons. The summed E-state index contributed by atoms with van der Waals surface area (Å²) in [6.07, 6.45) is 1.14. The number of benzene rings is 3. The van der Waals surface area contributed by atoms with Gasteiger partial charge >= 0.3 is 0 Å². The van der Waals surface area contributed by atoms with Gasteiger partial charge < -0.3 is 0 Å². The molecule has 0 radical (unpaired) electrons. The summed E-state index contributed by atoms with van der Waals surface area (Å²) >= 11 is 11.9. The third kappa shape index (κ3) is 7.09. The van der Waals surface area contributed by atoms with E-state index in [1.807, 2.05) is 19.1 Å². The minimum atomic E-state index is -4.06. The van der Waals surface area contributed by atoms with Crippen molar-refractivity contribution in [3.05, 3.63) is 104 Å². The van der Waals surface area contributed by atoms with E-state index in [-0.39, 0.29) is 27.7 Å². The highest BCUT2D eigenvalue weighted by Crippen LogP contribution is 2.22. The number of rotatable bonds is 9. The van der Waals surface area contributed by atoms with Gasteiger partial charge in [0.1, 0.15) is 0 Å². The number of sulfonamides is 1. The van der Waals surface area contributed by atoms with E-state index >= 15 is 0 Å². The summed E-state index contributed by atoms with van der Waals surface area (Å²) in [7, 11) is -4.06. The minimum Gasteiger partial charge on any atom is -0.272 e. The molecule has 0 aromatic heterocycles. The van der Waals surface area contributed by atoms with E-state index in [1.54, 1.807) is 12.1 Å². The lowest BCUT2D eigenvalue weighted by Crippen LogP contribution is -2.39. The minimum absolute atomic E-state index is 0.0192. The normalized spacial score (nSPS) is 11.7. The van der Waals surface area contributed by atoms with Gasteiger partial charge in [-0.2, -0.15) is 9.41 Å². The van der Waals surface area contributed by atoms with Crippen LogP contribution >= 0.6 is 23.2 Å². The number of nitrogens with one attached hydrogen (secondary N) is 1. The molecule has 3 aromatic rings. The molecule has 35 heavy (non-hydrogen) atoms. The first-order chi connectivity index (χ1) is 16.6. The van der Waals surface area contributed by atoms with Crippen LogP contribution in [0.1, 0.15) is 16.7 Å². The second-order valence-corrected chi connectivity index (χ2v) is 10.3. The number of aryl methyl sites for hydroxylation is 1. The molecule has 0 spiro atoms. The number of hydrogen-bond donors (Lipinski definition) is 1. The highest BCUT2D eigenvalue weighted by Gasteiger charge is 2.27. The van der Waals surface area contributed by atoms with Gasteiger partial charge in [-0.25, -0.2) is 13.8 Å². The fourth-order valence-electron chi connectivity index (χ4n) is 3.11. The fraction of sp³-hybridized carbons (Fsp3) is 0.130. The topological polar surface area (TPSA) is 122 Å². The molecule has 1 N–H and O–H groups in total. The van der Waals surface area contributed by atoms with Gasteiger partial charge in [0, 0.05) is 34.3 Å². The second kappa shape index (κ2) is 11.4. The Balaban J connectivity index is 1.81. The van der Waals surface area contributed by atoms with Crippen molar-refractivity contribution < 1.29 is 18.1 Å². The maximum absolute atomic E-state index is 13.3. The lowest BCUT2D eigenvalue weighted by molar-refractivity contribution is -0.384. The molecule has 3 rings (SSSR count). The SMILES string of the molecule is Cc1cccc(CN(CC(=O)N/N=C\c2cc([N+](=O)[O-])ccc2Cl)S(=O)(=O)c2ccc(Cl)cc2)c1. The Bertz CT molecular complexity index is 1380. The number of nitro groups is 1. The van der Waals surface area contributed by atoms with Gasteiger partial charge in [-0.1, -0.05) is 53.0 Å². The molecule has 3 aromatic carbocycles. The van der Waals surface area contributed by atoms with Crippen molar-refractivity contribution in [3.8, 4) is 0 Å². The summed E-state index contributed by atoms with van der Waals surface area (Å²) in [6, 6.07) is 16.7. The molecule has 0 aliphatic carbocycles. The van der Waals surface area contributed by atoms with E-state index in [2.05, 4.69) is 10.5 Å². The van der Waals surface area contributed by atoms with Crippen LogP contribution in [0.25, 0.3) is 0 Å². The maximum Gasteiger partial charge on any atom is 0.270 e. The number of non-ortho nitro benzene ring substituents is 1. The quantitative estimate of drug-likeness (QED) is 0.245. The molecule has 1 amide bonds. The van der Waals surface area contributed by atoms with E-state index in [0.29, 0.717) is 10.6 Å². The van der Waals surface area contributed by atoms with Crippen molar-refractivity contribution in [2.75, 3.05) is 6.54 Å². The molecule has 0 saturated carbocycles. The van der Waals surface area contributed by atoms with Crippen LogP contribution in [0.15, 0.2) is 76.7 Å². The number of hydrazone groups is 1. The van der Waals surface area contributed by atoms with E-state index in [1.165, 1.54) is 42.5 Å². The molecule has 0 aliphatic rings. The Morgan fingerprint density at radius 3 is 2.49 bits per heavy atom. The van der Waals surface area contributed by atoms with Gasteiger partial charge in [0.25, 0.3) is 11.6 Å². The molecule has 0 unspecified atom stereocenters. The Hall–Kier alpha value is -3.31. The molecule has 0 fully saturated rings. The molecular formula is C23H20Cl2N4O5S. The maximum atomic E-state index is 13.3. The first-order valence-corrected chi connectivity index (χ1v) is 12.3. The van der Waals surface area contributed by atoms with Gasteiger partial charge in [-0.3, -0.25) is 14.9 Å². The summed E-state index contributed by atoms with van der Waals surface area (Å²) < 4.78 is 27.6. The molecule has 0 atom stereocenters. The van der Waals surface area contributed by atoms with Crippen molar-refractivity contribution in [3.63, 3.8) is 0 Å². The van der Waals surface area contributed by atoms with E-state index in [9.17, 15) is 23.3 Å². The average Bonchev–Trinajstić information content (AvgIpc) is 2.80. The van der Waals surface area contributed by atoms with Crippen molar-refractivity contribution in [2.45, 2.75) is 18.4 Å². The fourth-order valence-corrected chi connectivity index (χ4v) is 4.79. The summed E-state index contributed by atoms with van der Waals surface area (Å²) in [5.74, 6) is -0.715. The molecule has 12 heteroatoms. The summed E-state index contributed by atoms with van der Waals surface area (Å²) in [4.78, 5) is 22.9. The number of amides is 1. The second-order valence-electron chi connectivity index (χ2n) is 7.47. The third-order valence-electron chi connectivity index (χ3n) is 4.80. The number of halogens is 2. The van der Waals surface area contributed by atoms with E-state index < -0.39 is 27.4 Å². The number of nitrogens with zero attached hydrogens (tertiary/aromatic N) is 3. The van der Waals surface area contributed by atoms with Crippen LogP contribution in [0.4, 0.5) is 5.69 Å². The van der Waals surface area contributed by atoms with Crippen LogP contribution in [0.5, 0.6) is 0 Å². The lowest BCUT2D eigenvalue weighted by atomic mass is 10.1. The van der Waals surface area contributed by atoms with Crippen molar-refractivity contribution in [2.24, 2.45) is 5.10 Å². The zero-order chi connectivity index (χ0) is 25.6. The lowest BCUT2D eigenvalue weighted by Gasteiger charge is -2.21. The molecular weight excluding hydrogens is 515 g/mol. The monoisotopic (exact) mass is 534 g/mol. The van der Waals surface area contributed by atoms with Crippen molar-refractivity contribution in [1.29, 1.82) is 0 Å². The Morgan fingerprint density at radius 1 is 1.11 bits per heavy atom. The van der Waals surface area contributed by atoms with Crippen molar-refractivity contribution in [1.82, 2.24) is 9.73 Å². The molecule has 0 bridgehead atoms. The van der Waals surface area contributed by atoms with Crippen LogP contribution in [0.2, 0.25) is 10.0 Å². The van der Waals surface area contributed by atoms with E-state index in [4.69, 9.17) is 23.2 Å². The first kappa shape index (κ1) is 26.3. The zero-order valence-corrected chi connectivity index (χ0v) is 20.7. The Labute approximate surface area is 212 Å². The van der Waals surface area contributed by atoms with Crippen LogP contribution in [-0.2, 0) is 21.4 Å². The largest absolute Gasteiger partial charge is 0.272 e. The van der Waals surface area contributed by atoms with Crippen LogP contribution in [0.3, 0.4) is 0 Å². The Kier molecular flexibility index (Phi) is 8.57. The summed E-state index contributed by atoms with van der Waals surface area (Å²) in [5, 5.41) is 15.3. The number of hydrogen-bond acceptors (Lipinski definition) is 6. The summed E-state index contributed by atoms with van der Waals surface area (Å²) in [5.41, 5.74) is 3.90. The van der Waals surface area contributed by atoms with Crippen molar-refractivity contribution >= 4 is 51.0 Å². The number of carbonyl (C=O) groups excluding carboxylic acids is 1. The first-order valence-electron chi connectivity index (χ1n) is 10.1. The Morgan fingerprint density at radius 2 is 1.83 bits per heavy atom. The highest BCUT2D eigenvalue weighted by molar-refractivity contribution is 7.89. The molecule has 9 nitrogen and oxygen atoms in total. The standard InChI is InChI=1S/C23H20Cl2N4O5S/c1-16-3-2-4-17(11-16)14-28(35(33,34)21-8-5-19(24)6-9-21)15-23(30)27-26-13-18-12-20(29(31)32)7-10-22(18)25/h2-13H,14-15H2,1H3,(H,27,30)/b26-13-. The smallest absolute Gasteiger partial charge is 0.270 e. The van der Waals surface area contributed by atoms with Crippen LogP contribution in [0, 0.1) is 17.0 Å². The van der Waals surface area contributed by atoms with Gasteiger partial charge in [0.2, 0.25) is 10.0 Å². The van der Waals surface area contributed by atoms with Gasteiger partial charge in [-0.15, -0.1) is 0 Å². The van der Waals surface area contributed by atoms with Crippen LogP contribution in [-0.4, -0.2) is 36.3 Å². The van der Waals surface area contributed by atoms with Gasteiger partial charge in [-0.05, 0) is 42.8 Å². The van der Waals surface area contributed by atoms with Crippen LogP contribution < -0.4 is 5.43 Å². The zero-order valence-electron chi connectivity index (χ0n) is 18.4. The third-order valence-corrected chi connectivity index (χ3v) is 7.20. The highest BCUT2D eigenvalue weighted by atomic mass is 35.5. The van der Waals surface area contributed by atoms with Gasteiger partial charge in [0.05, 0.1) is 22.6 Å². The molecule has 0 saturated heterocycles.